The van der Waals surface area contributed by atoms with Crippen molar-refractivity contribution in [2.24, 2.45) is 0 Å². The number of rotatable bonds is 5. The summed E-state index contributed by atoms with van der Waals surface area (Å²) in [6.45, 7) is 5.58. The zero-order valence-electron chi connectivity index (χ0n) is 15.0. The molecule has 3 aromatic rings. The topological polar surface area (TPSA) is 110 Å². The summed E-state index contributed by atoms with van der Waals surface area (Å²) in [7, 11) is 1.52. The summed E-state index contributed by atoms with van der Waals surface area (Å²) in [5, 5.41) is 11.0. The Labute approximate surface area is 149 Å². The molecular weight excluding hydrogens is 336 g/mol. The van der Waals surface area contributed by atoms with Crippen LogP contribution in [0.15, 0.2) is 33.6 Å². The second kappa shape index (κ2) is 6.99. The van der Waals surface area contributed by atoms with Crippen molar-refractivity contribution in [2.75, 3.05) is 7.11 Å². The maximum absolute atomic E-state index is 12.7. The minimum absolute atomic E-state index is 0.00111. The van der Waals surface area contributed by atoms with Gasteiger partial charge < -0.3 is 19.5 Å². The molecule has 0 saturated heterocycles. The monoisotopic (exact) mass is 356 g/mol. The maximum Gasteiger partial charge on any atom is 0.257 e. The van der Waals surface area contributed by atoms with Gasteiger partial charge in [-0.25, -0.2) is 0 Å². The van der Waals surface area contributed by atoms with E-state index in [-0.39, 0.29) is 16.9 Å². The lowest BCUT2D eigenvalue weighted by Crippen LogP contribution is -2.31. The Bertz CT molecular complexity index is 1010. The highest BCUT2D eigenvalue weighted by Crippen LogP contribution is 2.18. The second-order valence-corrected chi connectivity index (χ2v) is 6.27. The van der Waals surface area contributed by atoms with Crippen LogP contribution < -0.4 is 15.5 Å². The SMILES string of the molecule is COc1ccc2[nH]cc(C(=O)N[C@@H](C)c3nnc(C(C)C)o3)c(=O)c2c1. The van der Waals surface area contributed by atoms with Crippen molar-refractivity contribution in [3.8, 4) is 5.75 Å². The molecule has 0 aliphatic rings. The largest absolute Gasteiger partial charge is 0.497 e. The molecule has 3 rings (SSSR count). The van der Waals surface area contributed by atoms with Crippen LogP contribution in [0.3, 0.4) is 0 Å². The molecule has 0 aliphatic carbocycles. The Balaban J connectivity index is 1.87. The highest BCUT2D eigenvalue weighted by molar-refractivity contribution is 5.97. The first kappa shape index (κ1) is 17.7. The van der Waals surface area contributed by atoms with Gasteiger partial charge in [0, 0.05) is 23.0 Å². The van der Waals surface area contributed by atoms with Crippen molar-refractivity contribution in [3.63, 3.8) is 0 Å². The number of pyridine rings is 1. The van der Waals surface area contributed by atoms with Crippen molar-refractivity contribution in [1.82, 2.24) is 20.5 Å². The van der Waals surface area contributed by atoms with E-state index < -0.39 is 11.9 Å². The third-order valence-corrected chi connectivity index (χ3v) is 4.00. The molecule has 8 heteroatoms. The van der Waals surface area contributed by atoms with Gasteiger partial charge >= 0.3 is 0 Å². The molecule has 26 heavy (non-hydrogen) atoms. The highest BCUT2D eigenvalue weighted by atomic mass is 16.5. The van der Waals surface area contributed by atoms with E-state index in [9.17, 15) is 9.59 Å². The van der Waals surface area contributed by atoms with E-state index in [2.05, 4.69) is 20.5 Å². The van der Waals surface area contributed by atoms with Gasteiger partial charge in [0.15, 0.2) is 0 Å². The lowest BCUT2D eigenvalue weighted by molar-refractivity contribution is 0.0932. The highest BCUT2D eigenvalue weighted by Gasteiger charge is 2.20. The molecule has 1 amide bonds. The number of hydrogen-bond acceptors (Lipinski definition) is 6. The maximum atomic E-state index is 12.7. The number of nitrogens with one attached hydrogen (secondary N) is 2. The summed E-state index contributed by atoms with van der Waals surface area (Å²) < 4.78 is 10.7. The fourth-order valence-corrected chi connectivity index (χ4v) is 2.48. The number of H-pyrrole nitrogens is 1. The molecule has 0 radical (unpaired) electrons. The number of aromatic nitrogens is 3. The van der Waals surface area contributed by atoms with Gasteiger partial charge in [0.25, 0.3) is 5.91 Å². The molecule has 0 aliphatic heterocycles. The molecule has 1 atom stereocenters. The standard InChI is InChI=1S/C18H20N4O4/c1-9(2)17-21-22-18(26-17)10(3)20-16(24)13-8-19-14-6-5-11(25-4)7-12(14)15(13)23/h5-10H,1-4H3,(H,19,23)(H,20,24)/t10-/m0/s1. The van der Waals surface area contributed by atoms with Gasteiger partial charge in [0.1, 0.15) is 17.4 Å². The number of carbonyl (C=O) groups excluding carboxylic acids is 1. The quantitative estimate of drug-likeness (QED) is 0.727. The number of nitrogens with zero attached hydrogens (tertiary/aromatic N) is 2. The van der Waals surface area contributed by atoms with Crippen LogP contribution in [0.4, 0.5) is 0 Å². The van der Waals surface area contributed by atoms with Gasteiger partial charge in [-0.1, -0.05) is 13.8 Å². The van der Waals surface area contributed by atoms with Crippen molar-refractivity contribution in [1.29, 1.82) is 0 Å². The molecule has 136 valence electrons. The first-order valence-corrected chi connectivity index (χ1v) is 8.24. The van der Waals surface area contributed by atoms with Crippen LogP contribution >= 0.6 is 0 Å². The number of hydrogen-bond donors (Lipinski definition) is 2. The first-order valence-electron chi connectivity index (χ1n) is 8.24. The van der Waals surface area contributed by atoms with Crippen LogP contribution in [-0.4, -0.2) is 28.2 Å². The molecule has 0 unspecified atom stereocenters. The van der Waals surface area contributed by atoms with Crippen LogP contribution in [0.25, 0.3) is 10.9 Å². The first-order chi connectivity index (χ1) is 12.4. The summed E-state index contributed by atoms with van der Waals surface area (Å²) >= 11 is 0. The van der Waals surface area contributed by atoms with Gasteiger partial charge in [-0.05, 0) is 25.1 Å². The molecule has 0 fully saturated rings. The average molecular weight is 356 g/mol. The zero-order valence-corrected chi connectivity index (χ0v) is 15.0. The Hall–Kier alpha value is -3.16. The van der Waals surface area contributed by atoms with E-state index in [0.717, 1.165) is 0 Å². The summed E-state index contributed by atoms with van der Waals surface area (Å²) in [4.78, 5) is 28.2. The van der Waals surface area contributed by atoms with Crippen molar-refractivity contribution in [2.45, 2.75) is 32.7 Å². The van der Waals surface area contributed by atoms with E-state index >= 15 is 0 Å². The fraction of sp³-hybridized carbons (Fsp3) is 0.333. The van der Waals surface area contributed by atoms with E-state index in [1.807, 2.05) is 13.8 Å². The molecule has 0 bridgehead atoms. The average Bonchev–Trinajstić information content (AvgIpc) is 3.12. The number of ether oxygens (including phenoxy) is 1. The van der Waals surface area contributed by atoms with Gasteiger partial charge in [-0.2, -0.15) is 0 Å². The zero-order chi connectivity index (χ0) is 18.8. The second-order valence-electron chi connectivity index (χ2n) is 6.27. The van der Waals surface area contributed by atoms with E-state index in [4.69, 9.17) is 9.15 Å². The Morgan fingerprint density at radius 2 is 1.96 bits per heavy atom. The Morgan fingerprint density at radius 1 is 1.23 bits per heavy atom. The van der Waals surface area contributed by atoms with Crippen LogP contribution in [0.2, 0.25) is 0 Å². The number of methoxy groups -OCH3 is 1. The number of aromatic amines is 1. The van der Waals surface area contributed by atoms with E-state index in [0.29, 0.717) is 28.4 Å². The van der Waals surface area contributed by atoms with Crippen molar-refractivity contribution in [3.05, 3.63) is 52.0 Å². The minimum Gasteiger partial charge on any atom is -0.497 e. The lowest BCUT2D eigenvalue weighted by atomic mass is 10.1. The molecule has 2 aromatic heterocycles. The van der Waals surface area contributed by atoms with E-state index in [1.165, 1.54) is 13.3 Å². The molecule has 2 N–H and O–H groups in total. The number of carbonyl (C=O) groups is 1. The van der Waals surface area contributed by atoms with Gasteiger partial charge in [0.05, 0.1) is 7.11 Å². The minimum atomic E-state index is -0.525. The van der Waals surface area contributed by atoms with Crippen LogP contribution in [0.5, 0.6) is 5.75 Å². The van der Waals surface area contributed by atoms with Crippen LogP contribution in [0, 0.1) is 0 Å². The predicted octanol–water partition coefficient (Wildman–Crippen LogP) is 2.53. The molecule has 2 heterocycles. The van der Waals surface area contributed by atoms with Crippen LogP contribution in [0.1, 0.15) is 54.9 Å². The number of fused-ring (bicyclic) bond motifs is 1. The Morgan fingerprint density at radius 3 is 2.62 bits per heavy atom. The Kier molecular flexibility index (Phi) is 4.75. The number of amides is 1. The van der Waals surface area contributed by atoms with Crippen molar-refractivity contribution >= 4 is 16.8 Å². The summed E-state index contributed by atoms with van der Waals surface area (Å²) in [5.74, 6) is 0.906. The fourth-order valence-electron chi connectivity index (χ4n) is 2.48. The molecule has 1 aromatic carbocycles. The summed E-state index contributed by atoms with van der Waals surface area (Å²) in [6, 6.07) is 4.54. The lowest BCUT2D eigenvalue weighted by Gasteiger charge is -2.10. The normalized spacial score (nSPS) is 12.3. The smallest absolute Gasteiger partial charge is 0.257 e. The molecule has 0 spiro atoms. The van der Waals surface area contributed by atoms with E-state index in [1.54, 1.807) is 25.1 Å². The molecular formula is C18H20N4O4. The van der Waals surface area contributed by atoms with Gasteiger partial charge in [-0.3, -0.25) is 9.59 Å². The number of benzene rings is 1. The third kappa shape index (κ3) is 3.30. The van der Waals surface area contributed by atoms with Crippen LogP contribution in [-0.2, 0) is 0 Å². The summed E-state index contributed by atoms with van der Waals surface area (Å²) in [6.07, 6.45) is 1.40. The van der Waals surface area contributed by atoms with Gasteiger partial charge in [-0.15, -0.1) is 10.2 Å². The molecule has 8 nitrogen and oxygen atoms in total. The molecule has 0 saturated carbocycles. The third-order valence-electron chi connectivity index (χ3n) is 4.00. The predicted molar refractivity (Wildman–Crippen MR) is 95.4 cm³/mol. The van der Waals surface area contributed by atoms with Gasteiger partial charge in [0.2, 0.25) is 17.2 Å². The van der Waals surface area contributed by atoms with Crippen molar-refractivity contribution < 1.29 is 13.9 Å². The summed E-state index contributed by atoms with van der Waals surface area (Å²) in [5.41, 5.74) is 0.246.